The summed E-state index contributed by atoms with van der Waals surface area (Å²) < 4.78 is 0. The van der Waals surface area contributed by atoms with Crippen molar-refractivity contribution in [3.8, 4) is 5.75 Å². The van der Waals surface area contributed by atoms with Crippen molar-refractivity contribution in [3.63, 3.8) is 0 Å². The van der Waals surface area contributed by atoms with Crippen molar-refractivity contribution in [1.82, 2.24) is 0 Å². The van der Waals surface area contributed by atoms with Crippen LogP contribution in [0.1, 0.15) is 34.3 Å². The summed E-state index contributed by atoms with van der Waals surface area (Å²) >= 11 is 0. The van der Waals surface area contributed by atoms with Gasteiger partial charge in [0.05, 0.1) is 0 Å². The average molecular weight is 313 g/mol. The van der Waals surface area contributed by atoms with E-state index >= 15 is 0 Å². The summed E-state index contributed by atoms with van der Waals surface area (Å²) in [6, 6.07) is 12.2. The molecule has 0 aliphatic carbocycles. The Morgan fingerprint density at radius 1 is 1.09 bits per heavy atom. The van der Waals surface area contributed by atoms with Gasteiger partial charge in [0.15, 0.2) is 0 Å². The molecule has 0 aliphatic heterocycles. The highest BCUT2D eigenvalue weighted by Gasteiger charge is 2.11. The van der Waals surface area contributed by atoms with Gasteiger partial charge in [0.2, 0.25) is 5.91 Å². The molecule has 3 N–H and O–H groups in total. The smallest absolute Gasteiger partial charge is 0.339 e. The van der Waals surface area contributed by atoms with Gasteiger partial charge < -0.3 is 15.5 Å². The van der Waals surface area contributed by atoms with E-state index in [-0.39, 0.29) is 17.2 Å². The summed E-state index contributed by atoms with van der Waals surface area (Å²) in [6.45, 7) is 2.03. The molecule has 5 heteroatoms. The molecule has 2 aromatic rings. The number of benzene rings is 2. The molecule has 0 spiro atoms. The summed E-state index contributed by atoms with van der Waals surface area (Å²) in [5, 5.41) is 21.0. The minimum absolute atomic E-state index is 0.181. The summed E-state index contributed by atoms with van der Waals surface area (Å²) in [5.74, 6) is -1.74. The van der Waals surface area contributed by atoms with E-state index in [2.05, 4.69) is 5.32 Å². The highest BCUT2D eigenvalue weighted by atomic mass is 16.4. The quantitative estimate of drug-likeness (QED) is 0.714. The van der Waals surface area contributed by atoms with E-state index in [9.17, 15) is 14.7 Å². The number of carboxylic acid groups (broad SMARTS) is 1. The van der Waals surface area contributed by atoms with Crippen LogP contribution in [0.15, 0.2) is 42.5 Å². The molecule has 0 fully saturated rings. The molecule has 0 atom stereocenters. The number of anilines is 1. The number of aromatic hydroxyl groups is 1. The third kappa shape index (κ3) is 4.85. The van der Waals surface area contributed by atoms with Gasteiger partial charge in [0.1, 0.15) is 11.3 Å². The first-order valence-corrected chi connectivity index (χ1v) is 7.37. The fourth-order valence-electron chi connectivity index (χ4n) is 2.22. The monoisotopic (exact) mass is 313 g/mol. The summed E-state index contributed by atoms with van der Waals surface area (Å²) in [7, 11) is 0. The van der Waals surface area contributed by atoms with E-state index in [1.165, 1.54) is 29.3 Å². The number of carbonyl (C=O) groups is 2. The van der Waals surface area contributed by atoms with Crippen molar-refractivity contribution in [2.45, 2.75) is 26.2 Å². The van der Waals surface area contributed by atoms with Crippen LogP contribution in [0.3, 0.4) is 0 Å². The van der Waals surface area contributed by atoms with E-state index in [0.717, 1.165) is 6.42 Å². The maximum absolute atomic E-state index is 11.9. The Balaban J connectivity index is 1.86. The molecule has 2 aromatic carbocycles. The highest BCUT2D eigenvalue weighted by molar-refractivity contribution is 5.95. The Labute approximate surface area is 134 Å². The first-order valence-electron chi connectivity index (χ1n) is 7.37. The van der Waals surface area contributed by atoms with Crippen LogP contribution in [0.5, 0.6) is 5.75 Å². The third-order valence-corrected chi connectivity index (χ3v) is 3.50. The van der Waals surface area contributed by atoms with Crippen LogP contribution in [0.2, 0.25) is 0 Å². The van der Waals surface area contributed by atoms with Gasteiger partial charge in [-0.05, 0) is 43.5 Å². The minimum atomic E-state index is -1.24. The number of carboxylic acids is 1. The van der Waals surface area contributed by atoms with Crippen LogP contribution in [-0.4, -0.2) is 22.1 Å². The topological polar surface area (TPSA) is 86.6 Å². The number of amides is 1. The van der Waals surface area contributed by atoms with Gasteiger partial charge in [0, 0.05) is 12.1 Å². The van der Waals surface area contributed by atoms with Crippen LogP contribution in [0, 0.1) is 6.92 Å². The maximum Gasteiger partial charge on any atom is 0.339 e. The summed E-state index contributed by atoms with van der Waals surface area (Å²) in [5.41, 5.74) is 2.51. The highest BCUT2D eigenvalue weighted by Crippen LogP contribution is 2.21. The van der Waals surface area contributed by atoms with E-state index in [4.69, 9.17) is 5.11 Å². The molecule has 0 radical (unpaired) electrons. The van der Waals surface area contributed by atoms with Crippen molar-refractivity contribution in [1.29, 1.82) is 0 Å². The normalized spacial score (nSPS) is 10.3. The van der Waals surface area contributed by atoms with Gasteiger partial charge in [-0.3, -0.25) is 4.79 Å². The SMILES string of the molecule is Cc1ccc(CCCC(=O)Nc2ccc(O)c(C(=O)O)c2)cc1. The van der Waals surface area contributed by atoms with Crippen molar-refractivity contribution in [2.24, 2.45) is 0 Å². The average Bonchev–Trinajstić information content (AvgIpc) is 2.51. The number of aromatic carboxylic acids is 1. The largest absolute Gasteiger partial charge is 0.507 e. The first-order chi connectivity index (χ1) is 11.0. The maximum atomic E-state index is 11.9. The fourth-order valence-corrected chi connectivity index (χ4v) is 2.22. The third-order valence-electron chi connectivity index (χ3n) is 3.50. The summed E-state index contributed by atoms with van der Waals surface area (Å²) in [6.07, 6.45) is 1.86. The second-order valence-corrected chi connectivity index (χ2v) is 5.42. The van der Waals surface area contributed by atoms with Crippen LogP contribution in [0.4, 0.5) is 5.69 Å². The lowest BCUT2D eigenvalue weighted by Gasteiger charge is -2.07. The van der Waals surface area contributed by atoms with Crippen LogP contribution >= 0.6 is 0 Å². The zero-order valence-electron chi connectivity index (χ0n) is 12.9. The second-order valence-electron chi connectivity index (χ2n) is 5.42. The zero-order valence-corrected chi connectivity index (χ0v) is 12.9. The molecule has 23 heavy (non-hydrogen) atoms. The van der Waals surface area contributed by atoms with Crippen molar-refractivity contribution < 1.29 is 19.8 Å². The van der Waals surface area contributed by atoms with Crippen molar-refractivity contribution in [2.75, 3.05) is 5.32 Å². The van der Waals surface area contributed by atoms with Crippen molar-refractivity contribution >= 4 is 17.6 Å². The Bertz CT molecular complexity index is 707. The lowest BCUT2D eigenvalue weighted by molar-refractivity contribution is -0.116. The predicted molar refractivity (Wildman–Crippen MR) is 87.8 cm³/mol. The fraction of sp³-hybridized carbons (Fsp3) is 0.222. The van der Waals surface area contributed by atoms with E-state index in [0.29, 0.717) is 18.5 Å². The molecule has 0 aliphatic rings. The minimum Gasteiger partial charge on any atom is -0.507 e. The van der Waals surface area contributed by atoms with Crippen molar-refractivity contribution in [3.05, 3.63) is 59.2 Å². The molecule has 5 nitrogen and oxygen atoms in total. The van der Waals surface area contributed by atoms with Gasteiger partial charge in [-0.1, -0.05) is 29.8 Å². The van der Waals surface area contributed by atoms with Gasteiger partial charge in [-0.15, -0.1) is 0 Å². The first kappa shape index (κ1) is 16.5. The Hall–Kier alpha value is -2.82. The molecule has 2 rings (SSSR count). The molecule has 0 saturated heterocycles. The van der Waals surface area contributed by atoms with E-state index in [1.807, 2.05) is 31.2 Å². The number of nitrogens with one attached hydrogen (secondary N) is 1. The van der Waals surface area contributed by atoms with Gasteiger partial charge >= 0.3 is 5.97 Å². The molecule has 0 bridgehead atoms. The van der Waals surface area contributed by atoms with E-state index < -0.39 is 5.97 Å². The lowest BCUT2D eigenvalue weighted by atomic mass is 10.1. The number of phenols is 1. The number of hydrogen-bond donors (Lipinski definition) is 3. The Kier molecular flexibility index (Phi) is 5.36. The molecule has 0 heterocycles. The molecule has 0 saturated carbocycles. The number of rotatable bonds is 6. The molecule has 0 unspecified atom stereocenters. The van der Waals surface area contributed by atoms with Crippen LogP contribution in [0.25, 0.3) is 0 Å². The Morgan fingerprint density at radius 2 is 1.78 bits per heavy atom. The molecular weight excluding hydrogens is 294 g/mol. The molecule has 120 valence electrons. The number of hydrogen-bond acceptors (Lipinski definition) is 3. The Morgan fingerprint density at radius 3 is 2.43 bits per heavy atom. The molecule has 1 amide bonds. The van der Waals surface area contributed by atoms with Gasteiger partial charge in [0.25, 0.3) is 0 Å². The van der Waals surface area contributed by atoms with E-state index in [1.54, 1.807) is 0 Å². The second kappa shape index (κ2) is 7.45. The lowest BCUT2D eigenvalue weighted by Crippen LogP contribution is -2.12. The van der Waals surface area contributed by atoms with Crippen LogP contribution < -0.4 is 5.32 Å². The number of aryl methyl sites for hydroxylation is 2. The molecule has 0 aromatic heterocycles. The van der Waals surface area contributed by atoms with Crippen LogP contribution in [-0.2, 0) is 11.2 Å². The summed E-state index contributed by atoms with van der Waals surface area (Å²) in [4.78, 5) is 22.8. The standard InChI is InChI=1S/C18H19NO4/c1-12-5-7-13(8-6-12)3-2-4-17(21)19-14-9-10-16(20)15(11-14)18(22)23/h5-11,20H,2-4H2,1H3,(H,19,21)(H,22,23). The number of carbonyl (C=O) groups excluding carboxylic acids is 1. The van der Waals surface area contributed by atoms with Gasteiger partial charge in [-0.2, -0.15) is 0 Å². The van der Waals surface area contributed by atoms with Gasteiger partial charge in [-0.25, -0.2) is 4.79 Å². The predicted octanol–water partition coefficient (Wildman–Crippen LogP) is 3.36. The molecular formula is C18H19NO4. The zero-order chi connectivity index (χ0) is 16.8.